The molecule has 136 valence electrons. The van der Waals surface area contributed by atoms with Crippen LogP contribution in [0.1, 0.15) is 35.9 Å². The molecule has 3 aromatic rings. The summed E-state index contributed by atoms with van der Waals surface area (Å²) in [5.74, 6) is 1.06. The highest BCUT2D eigenvalue weighted by Gasteiger charge is 2.13. The Kier molecular flexibility index (Phi) is 5.46. The summed E-state index contributed by atoms with van der Waals surface area (Å²) in [7, 11) is 0. The Balaban J connectivity index is 1.61. The monoisotopic (exact) mass is 354 g/mol. The van der Waals surface area contributed by atoms with Gasteiger partial charge >= 0.3 is 5.97 Å². The van der Waals surface area contributed by atoms with Gasteiger partial charge in [0.05, 0.1) is 6.61 Å². The molecule has 0 aliphatic carbocycles. The van der Waals surface area contributed by atoms with Crippen LogP contribution in [0.4, 0.5) is 0 Å². The lowest BCUT2D eigenvalue weighted by atomic mass is 10.1. The average molecular weight is 354 g/mol. The van der Waals surface area contributed by atoms with Crippen LogP contribution in [-0.2, 0) is 22.6 Å². The van der Waals surface area contributed by atoms with E-state index in [-0.39, 0.29) is 19.0 Å². The van der Waals surface area contributed by atoms with E-state index in [0.29, 0.717) is 18.8 Å². The Morgan fingerprint density at radius 3 is 2.85 bits per heavy atom. The van der Waals surface area contributed by atoms with Crippen molar-refractivity contribution in [2.45, 2.75) is 40.2 Å². The molecule has 3 rings (SSSR count). The molecular weight excluding hydrogens is 332 g/mol. The fourth-order valence-electron chi connectivity index (χ4n) is 2.89. The molecule has 2 heterocycles. The van der Waals surface area contributed by atoms with Crippen molar-refractivity contribution in [2.75, 3.05) is 6.61 Å². The highest BCUT2D eigenvalue weighted by molar-refractivity contribution is 5.70. The second-order valence-corrected chi connectivity index (χ2v) is 5.93. The van der Waals surface area contributed by atoms with Gasteiger partial charge in [0.15, 0.2) is 0 Å². The van der Waals surface area contributed by atoms with Crippen LogP contribution in [0.2, 0.25) is 0 Å². The first-order chi connectivity index (χ1) is 12.6. The van der Waals surface area contributed by atoms with Crippen molar-refractivity contribution in [3.63, 3.8) is 0 Å². The maximum absolute atomic E-state index is 12.2. The van der Waals surface area contributed by atoms with Gasteiger partial charge in [0.1, 0.15) is 18.7 Å². The fraction of sp³-hybridized carbons (Fsp3) is 0.368. The van der Waals surface area contributed by atoms with Crippen LogP contribution in [-0.4, -0.2) is 32.2 Å². The number of nitrogens with zero attached hydrogens (tertiary/aromatic N) is 4. The number of carbonyl (C=O) groups is 1. The lowest BCUT2D eigenvalue weighted by molar-refractivity contribution is -0.144. The van der Waals surface area contributed by atoms with Gasteiger partial charge in [0.25, 0.3) is 5.78 Å². The lowest BCUT2D eigenvalue weighted by Gasteiger charge is -2.12. The van der Waals surface area contributed by atoms with Gasteiger partial charge < -0.3 is 9.47 Å². The number of aryl methyl sites for hydroxylation is 2. The molecule has 0 aliphatic rings. The molecule has 0 unspecified atom stereocenters. The first-order valence-electron chi connectivity index (χ1n) is 8.62. The molecular formula is C19H22N4O3. The van der Waals surface area contributed by atoms with Crippen LogP contribution in [0, 0.1) is 13.8 Å². The zero-order chi connectivity index (χ0) is 18.5. The molecule has 0 saturated heterocycles. The van der Waals surface area contributed by atoms with Gasteiger partial charge in [-0.2, -0.15) is 10.1 Å². The molecule has 0 bridgehead atoms. The molecule has 0 saturated carbocycles. The second kappa shape index (κ2) is 7.95. The van der Waals surface area contributed by atoms with E-state index in [0.717, 1.165) is 28.3 Å². The summed E-state index contributed by atoms with van der Waals surface area (Å²) in [5, 5.41) is 4.16. The Morgan fingerprint density at radius 2 is 2.04 bits per heavy atom. The predicted octanol–water partition coefficient (Wildman–Crippen LogP) is 2.82. The molecule has 7 heteroatoms. The summed E-state index contributed by atoms with van der Waals surface area (Å²) >= 11 is 0. The van der Waals surface area contributed by atoms with Gasteiger partial charge in [-0.05, 0) is 38.8 Å². The van der Waals surface area contributed by atoms with Gasteiger partial charge in [-0.25, -0.2) is 9.50 Å². The second-order valence-electron chi connectivity index (χ2n) is 5.93. The third-order valence-electron chi connectivity index (χ3n) is 4.23. The highest BCUT2D eigenvalue weighted by atomic mass is 16.5. The van der Waals surface area contributed by atoms with Crippen molar-refractivity contribution < 1.29 is 14.3 Å². The summed E-state index contributed by atoms with van der Waals surface area (Å²) in [6, 6.07) is 7.57. The number of carbonyl (C=O) groups excluding carboxylic acids is 1. The molecule has 0 fully saturated rings. The largest absolute Gasteiger partial charge is 0.493 e. The summed E-state index contributed by atoms with van der Waals surface area (Å²) in [6.45, 7) is 6.57. The quantitative estimate of drug-likeness (QED) is 0.607. The minimum atomic E-state index is -0.256. The molecule has 2 aromatic heterocycles. The normalized spacial score (nSPS) is 10.9. The van der Waals surface area contributed by atoms with Gasteiger partial charge in [-0.15, -0.1) is 0 Å². The molecule has 0 N–H and O–H groups in total. The zero-order valence-corrected chi connectivity index (χ0v) is 15.2. The minimum absolute atomic E-state index is 0.202. The van der Waals surface area contributed by atoms with Crippen molar-refractivity contribution in [3.8, 4) is 5.75 Å². The van der Waals surface area contributed by atoms with Crippen molar-refractivity contribution in [1.82, 2.24) is 19.6 Å². The number of ether oxygens (including phenoxy) is 2. The molecule has 26 heavy (non-hydrogen) atoms. The maximum Gasteiger partial charge on any atom is 0.306 e. The van der Waals surface area contributed by atoms with Crippen molar-refractivity contribution in [1.29, 1.82) is 0 Å². The summed E-state index contributed by atoms with van der Waals surface area (Å²) in [4.78, 5) is 20.7. The fourth-order valence-corrected chi connectivity index (χ4v) is 2.89. The van der Waals surface area contributed by atoms with Crippen LogP contribution in [0.15, 0.2) is 30.6 Å². The third kappa shape index (κ3) is 3.82. The van der Waals surface area contributed by atoms with E-state index in [1.165, 1.54) is 6.33 Å². The van der Waals surface area contributed by atoms with Crippen molar-refractivity contribution in [2.24, 2.45) is 0 Å². The molecule has 0 radical (unpaired) electrons. The number of rotatable bonds is 7. The number of hydrogen-bond donors (Lipinski definition) is 0. The molecule has 0 atom stereocenters. The van der Waals surface area contributed by atoms with E-state index in [2.05, 4.69) is 15.1 Å². The van der Waals surface area contributed by atoms with E-state index in [9.17, 15) is 4.79 Å². The van der Waals surface area contributed by atoms with Gasteiger partial charge in [-0.1, -0.05) is 18.2 Å². The molecule has 0 spiro atoms. The average Bonchev–Trinajstić information content (AvgIpc) is 3.09. The SMILES string of the molecule is CCOc1ccccc1COC(=O)CCc1c(C)nc2ncnn2c1C. The van der Waals surface area contributed by atoms with Crippen LogP contribution in [0.5, 0.6) is 5.75 Å². The van der Waals surface area contributed by atoms with Crippen molar-refractivity contribution in [3.05, 3.63) is 53.1 Å². The minimum Gasteiger partial charge on any atom is -0.493 e. The van der Waals surface area contributed by atoms with Crippen LogP contribution in [0.3, 0.4) is 0 Å². The smallest absolute Gasteiger partial charge is 0.306 e. The van der Waals surface area contributed by atoms with Crippen LogP contribution >= 0.6 is 0 Å². The Labute approximate surface area is 152 Å². The van der Waals surface area contributed by atoms with Crippen LogP contribution < -0.4 is 4.74 Å². The first-order valence-corrected chi connectivity index (χ1v) is 8.62. The predicted molar refractivity (Wildman–Crippen MR) is 96.0 cm³/mol. The number of para-hydroxylation sites is 1. The number of benzene rings is 1. The number of esters is 1. The Morgan fingerprint density at radius 1 is 1.23 bits per heavy atom. The highest BCUT2D eigenvalue weighted by Crippen LogP contribution is 2.19. The van der Waals surface area contributed by atoms with Crippen LogP contribution in [0.25, 0.3) is 5.78 Å². The maximum atomic E-state index is 12.2. The summed E-state index contributed by atoms with van der Waals surface area (Å²) in [5.41, 5.74) is 3.66. The third-order valence-corrected chi connectivity index (χ3v) is 4.23. The molecule has 0 aliphatic heterocycles. The van der Waals surface area contributed by atoms with Gasteiger partial charge in [0, 0.05) is 23.4 Å². The Hall–Kier alpha value is -2.96. The summed E-state index contributed by atoms with van der Waals surface area (Å²) < 4.78 is 12.6. The van der Waals surface area contributed by atoms with Gasteiger partial charge in [-0.3, -0.25) is 4.79 Å². The standard InChI is InChI=1S/C19H22N4O3/c1-4-25-17-8-6-5-7-15(17)11-26-18(24)10-9-16-13(2)22-19-20-12-21-23(19)14(16)3/h5-8,12H,4,9-11H2,1-3H3. The molecule has 1 aromatic carbocycles. The topological polar surface area (TPSA) is 78.6 Å². The van der Waals surface area contributed by atoms with Crippen molar-refractivity contribution >= 4 is 11.7 Å². The lowest BCUT2D eigenvalue weighted by Crippen LogP contribution is -2.10. The van der Waals surface area contributed by atoms with Gasteiger partial charge in [0.2, 0.25) is 0 Å². The summed E-state index contributed by atoms with van der Waals surface area (Å²) in [6.07, 6.45) is 2.30. The van der Waals surface area contributed by atoms with E-state index < -0.39 is 0 Å². The zero-order valence-electron chi connectivity index (χ0n) is 15.2. The first kappa shape index (κ1) is 17.8. The van der Waals surface area contributed by atoms with E-state index in [1.807, 2.05) is 45.0 Å². The molecule has 7 nitrogen and oxygen atoms in total. The number of hydrogen-bond acceptors (Lipinski definition) is 6. The van der Waals surface area contributed by atoms with E-state index in [4.69, 9.17) is 9.47 Å². The number of fused-ring (bicyclic) bond motifs is 1. The molecule has 0 amide bonds. The number of aromatic nitrogens is 4. The van der Waals surface area contributed by atoms with E-state index in [1.54, 1.807) is 4.52 Å². The van der Waals surface area contributed by atoms with E-state index >= 15 is 0 Å². The Bertz CT molecular complexity index is 920.